The summed E-state index contributed by atoms with van der Waals surface area (Å²) in [6, 6.07) is 8.11. The highest BCUT2D eigenvalue weighted by atomic mass is 32.1. The molecule has 0 bridgehead atoms. The molecule has 0 aliphatic carbocycles. The molecule has 0 aliphatic rings. The highest BCUT2D eigenvalue weighted by Gasteiger charge is 2.36. The number of aromatic hydroxyl groups is 1. The Balaban J connectivity index is 1.65. The number of thiol groups is 1. The van der Waals surface area contributed by atoms with Crippen molar-refractivity contribution in [2.24, 2.45) is 7.05 Å². The molecule has 0 spiro atoms. The van der Waals surface area contributed by atoms with Crippen molar-refractivity contribution in [3.63, 3.8) is 0 Å². The minimum absolute atomic E-state index is 0.00799. The molecular weight excluding hydrogens is 432 g/mol. The second-order valence-corrected chi connectivity index (χ2v) is 6.78. The summed E-state index contributed by atoms with van der Waals surface area (Å²) in [7, 11) is 1.30. The Hall–Kier alpha value is -3.54. The quantitative estimate of drug-likeness (QED) is 0.288. The molecule has 1 aromatic carbocycles. The van der Waals surface area contributed by atoms with E-state index in [-0.39, 0.29) is 34.5 Å². The van der Waals surface area contributed by atoms with Crippen LogP contribution in [0.2, 0.25) is 0 Å². The van der Waals surface area contributed by atoms with Crippen molar-refractivity contribution in [3.8, 4) is 11.5 Å². The maximum atomic E-state index is 14.0. The van der Waals surface area contributed by atoms with Gasteiger partial charge in [0.25, 0.3) is 5.91 Å². The van der Waals surface area contributed by atoms with Gasteiger partial charge in [-0.2, -0.15) is 26.4 Å². The van der Waals surface area contributed by atoms with Crippen LogP contribution in [0.1, 0.15) is 33.1 Å². The predicted octanol–water partition coefficient (Wildman–Crippen LogP) is 2.80. The number of hydrogen-bond acceptors (Lipinski definition) is 8. The van der Waals surface area contributed by atoms with E-state index in [1.165, 1.54) is 43.4 Å². The van der Waals surface area contributed by atoms with E-state index in [1.807, 2.05) is 0 Å². The molecule has 2 heterocycles. The third kappa shape index (κ3) is 5.34. The van der Waals surface area contributed by atoms with Crippen LogP contribution in [0.3, 0.4) is 0 Å². The van der Waals surface area contributed by atoms with Crippen molar-refractivity contribution in [1.29, 1.82) is 0 Å². The number of pyridine rings is 1. The molecule has 1 amide bonds. The maximum Gasteiger partial charge on any atom is 0.362 e. The molecule has 12 heteroatoms. The summed E-state index contributed by atoms with van der Waals surface area (Å²) in [6.45, 7) is 0. The fourth-order valence-corrected chi connectivity index (χ4v) is 2.80. The Kier molecular flexibility index (Phi) is 6.49. The number of anilines is 1. The molecule has 0 saturated heterocycles. The van der Waals surface area contributed by atoms with E-state index in [9.17, 15) is 23.5 Å². The standard InChI is InChI=1S/C19H17F2N5O4S/c1-26-17(19(20,21)8-9-31)24-18(25-26)23-15(28)11-2-5-13(6-3-11)30-16(29)14-7-4-12(27)10-22-14/h2-7,10,27,31H,8-9H2,1H3,(H,23,25,28). The van der Waals surface area contributed by atoms with Gasteiger partial charge < -0.3 is 9.84 Å². The molecule has 2 aromatic heterocycles. The molecule has 162 valence electrons. The summed E-state index contributed by atoms with van der Waals surface area (Å²) >= 11 is 3.81. The number of ether oxygens (including phenoxy) is 1. The highest BCUT2D eigenvalue weighted by molar-refractivity contribution is 7.80. The third-order valence-corrected chi connectivity index (χ3v) is 4.25. The smallest absolute Gasteiger partial charge is 0.362 e. The summed E-state index contributed by atoms with van der Waals surface area (Å²) in [4.78, 5) is 31.8. The Morgan fingerprint density at radius 1 is 1.23 bits per heavy atom. The number of amides is 1. The van der Waals surface area contributed by atoms with Crippen molar-refractivity contribution < 1.29 is 28.2 Å². The van der Waals surface area contributed by atoms with E-state index in [0.29, 0.717) is 0 Å². The van der Waals surface area contributed by atoms with Crippen LogP contribution < -0.4 is 10.1 Å². The van der Waals surface area contributed by atoms with E-state index in [0.717, 1.165) is 10.9 Å². The van der Waals surface area contributed by atoms with Crippen LogP contribution in [0, 0.1) is 0 Å². The molecule has 0 fully saturated rings. The third-order valence-electron chi connectivity index (χ3n) is 4.03. The van der Waals surface area contributed by atoms with Gasteiger partial charge in [-0.3, -0.25) is 10.1 Å². The van der Waals surface area contributed by atoms with Crippen LogP contribution in [0.4, 0.5) is 14.7 Å². The first-order valence-corrected chi connectivity index (χ1v) is 9.51. The number of aryl methyl sites for hydroxylation is 1. The van der Waals surface area contributed by atoms with Crippen molar-refractivity contribution in [2.45, 2.75) is 12.3 Å². The van der Waals surface area contributed by atoms with Crippen LogP contribution in [-0.2, 0) is 13.0 Å². The number of carbonyl (C=O) groups excluding carboxylic acids is 2. The minimum Gasteiger partial charge on any atom is -0.506 e. The Morgan fingerprint density at radius 3 is 2.55 bits per heavy atom. The summed E-state index contributed by atoms with van der Waals surface area (Å²) in [5, 5.41) is 15.3. The number of nitrogens with zero attached hydrogens (tertiary/aromatic N) is 4. The van der Waals surface area contributed by atoms with Gasteiger partial charge in [-0.05, 0) is 42.2 Å². The number of halogens is 2. The average molecular weight is 449 g/mol. The first-order chi connectivity index (χ1) is 14.7. The molecule has 3 aromatic rings. The monoisotopic (exact) mass is 449 g/mol. The van der Waals surface area contributed by atoms with E-state index in [1.54, 1.807) is 0 Å². The van der Waals surface area contributed by atoms with Crippen molar-refractivity contribution in [2.75, 3.05) is 11.1 Å². The fourth-order valence-electron chi connectivity index (χ4n) is 2.52. The van der Waals surface area contributed by atoms with Gasteiger partial charge >= 0.3 is 11.9 Å². The Morgan fingerprint density at radius 2 is 1.94 bits per heavy atom. The normalized spacial score (nSPS) is 11.2. The minimum atomic E-state index is -3.23. The second-order valence-electron chi connectivity index (χ2n) is 6.33. The van der Waals surface area contributed by atoms with E-state index < -0.39 is 30.0 Å². The SMILES string of the molecule is Cn1nc(NC(=O)c2ccc(OC(=O)c3ccc(O)cn3)cc2)nc1C(F)(F)CCS. The van der Waals surface area contributed by atoms with Crippen LogP contribution >= 0.6 is 12.6 Å². The van der Waals surface area contributed by atoms with Gasteiger partial charge in [0.1, 0.15) is 17.2 Å². The van der Waals surface area contributed by atoms with E-state index in [2.05, 4.69) is 33.0 Å². The van der Waals surface area contributed by atoms with Gasteiger partial charge in [0, 0.05) is 19.0 Å². The first kappa shape index (κ1) is 22.2. The zero-order chi connectivity index (χ0) is 22.6. The van der Waals surface area contributed by atoms with Crippen molar-refractivity contribution in [3.05, 3.63) is 59.7 Å². The van der Waals surface area contributed by atoms with Gasteiger partial charge in [0.15, 0.2) is 5.82 Å². The number of rotatable bonds is 7. The zero-order valence-corrected chi connectivity index (χ0v) is 17.0. The molecule has 0 unspecified atom stereocenters. The van der Waals surface area contributed by atoms with Crippen LogP contribution in [0.15, 0.2) is 42.6 Å². The van der Waals surface area contributed by atoms with Gasteiger partial charge in [0.2, 0.25) is 5.95 Å². The molecule has 0 saturated carbocycles. The largest absolute Gasteiger partial charge is 0.506 e. The van der Waals surface area contributed by atoms with E-state index >= 15 is 0 Å². The average Bonchev–Trinajstić information content (AvgIpc) is 3.10. The Labute approximate surface area is 180 Å². The van der Waals surface area contributed by atoms with Crippen LogP contribution in [-0.4, -0.2) is 42.5 Å². The molecule has 3 rings (SSSR count). The maximum absolute atomic E-state index is 14.0. The zero-order valence-electron chi connectivity index (χ0n) is 16.1. The lowest BCUT2D eigenvalue weighted by Crippen LogP contribution is -2.20. The molecule has 0 aliphatic heterocycles. The van der Waals surface area contributed by atoms with Gasteiger partial charge in [-0.1, -0.05) is 0 Å². The lowest BCUT2D eigenvalue weighted by atomic mass is 10.2. The van der Waals surface area contributed by atoms with Crippen molar-refractivity contribution >= 4 is 30.5 Å². The number of esters is 1. The first-order valence-electron chi connectivity index (χ1n) is 8.88. The predicted molar refractivity (Wildman–Crippen MR) is 109 cm³/mol. The van der Waals surface area contributed by atoms with Crippen molar-refractivity contribution in [1.82, 2.24) is 19.7 Å². The number of nitrogens with one attached hydrogen (secondary N) is 1. The summed E-state index contributed by atoms with van der Waals surface area (Å²) in [5.41, 5.74) is 0.157. The number of benzene rings is 1. The topological polar surface area (TPSA) is 119 Å². The summed E-state index contributed by atoms with van der Waals surface area (Å²) in [6.07, 6.45) is 0.589. The lowest BCUT2D eigenvalue weighted by Gasteiger charge is -2.12. The summed E-state index contributed by atoms with van der Waals surface area (Å²) < 4.78 is 34.1. The number of aromatic nitrogens is 4. The number of alkyl halides is 2. The van der Waals surface area contributed by atoms with Crippen LogP contribution in [0.5, 0.6) is 11.5 Å². The number of hydrogen-bond donors (Lipinski definition) is 3. The molecule has 9 nitrogen and oxygen atoms in total. The summed E-state index contributed by atoms with van der Waals surface area (Å²) in [5.74, 6) is -5.44. The van der Waals surface area contributed by atoms with E-state index in [4.69, 9.17) is 4.74 Å². The molecule has 0 radical (unpaired) electrons. The van der Waals surface area contributed by atoms with Gasteiger partial charge in [-0.15, -0.1) is 5.10 Å². The fraction of sp³-hybridized carbons (Fsp3) is 0.211. The Bertz CT molecular complexity index is 1090. The molecule has 31 heavy (non-hydrogen) atoms. The number of carbonyl (C=O) groups is 2. The molecular formula is C19H17F2N5O4S. The molecule has 0 atom stereocenters. The molecule has 2 N–H and O–H groups in total. The lowest BCUT2D eigenvalue weighted by molar-refractivity contribution is -0.0196. The highest BCUT2D eigenvalue weighted by Crippen LogP contribution is 2.30. The second kappa shape index (κ2) is 9.08. The van der Waals surface area contributed by atoms with Gasteiger partial charge in [-0.25, -0.2) is 14.5 Å². The van der Waals surface area contributed by atoms with Gasteiger partial charge in [0.05, 0.1) is 6.20 Å². The van der Waals surface area contributed by atoms with Crippen LogP contribution in [0.25, 0.3) is 0 Å².